The summed E-state index contributed by atoms with van der Waals surface area (Å²) in [5.41, 5.74) is 1.79. The number of carbonyl (C=O) groups excluding carboxylic acids is 1. The van der Waals surface area contributed by atoms with Gasteiger partial charge in [0.2, 0.25) is 11.8 Å². The Bertz CT molecular complexity index is 344. The van der Waals surface area contributed by atoms with Crippen molar-refractivity contribution in [1.29, 1.82) is 0 Å². The van der Waals surface area contributed by atoms with Crippen molar-refractivity contribution in [3.05, 3.63) is 11.3 Å². The highest BCUT2D eigenvalue weighted by Crippen LogP contribution is 2.20. The van der Waals surface area contributed by atoms with Crippen molar-refractivity contribution in [2.45, 2.75) is 20.4 Å². The zero-order valence-corrected chi connectivity index (χ0v) is 8.92. The Balaban J connectivity index is 2.88. The molecule has 0 aliphatic carbocycles. The van der Waals surface area contributed by atoms with Crippen molar-refractivity contribution < 1.29 is 9.53 Å². The predicted molar refractivity (Wildman–Crippen MR) is 52.0 cm³/mol. The number of amides is 1. The third kappa shape index (κ3) is 2.04. The summed E-state index contributed by atoms with van der Waals surface area (Å²) in [5, 5.41) is 6.92. The lowest BCUT2D eigenvalue weighted by molar-refractivity contribution is -0.119. The van der Waals surface area contributed by atoms with Crippen molar-refractivity contribution in [2.24, 2.45) is 7.05 Å². The smallest absolute Gasteiger partial charge is 0.217 e. The van der Waals surface area contributed by atoms with E-state index >= 15 is 0 Å². The molecular weight excluding hydrogens is 182 g/mol. The molecule has 0 aromatic carbocycles. The number of methoxy groups -OCH3 is 1. The number of hydrogen-bond donors (Lipinski definition) is 1. The van der Waals surface area contributed by atoms with E-state index in [9.17, 15) is 4.79 Å². The van der Waals surface area contributed by atoms with Crippen LogP contribution in [0.1, 0.15) is 18.2 Å². The van der Waals surface area contributed by atoms with Crippen molar-refractivity contribution in [2.75, 3.05) is 7.11 Å². The average molecular weight is 197 g/mol. The Kier molecular flexibility index (Phi) is 3.11. The molecule has 1 rings (SSSR count). The van der Waals surface area contributed by atoms with Gasteiger partial charge >= 0.3 is 0 Å². The van der Waals surface area contributed by atoms with Crippen LogP contribution >= 0.6 is 0 Å². The van der Waals surface area contributed by atoms with Gasteiger partial charge in [0, 0.05) is 20.5 Å². The highest BCUT2D eigenvalue weighted by atomic mass is 16.5. The van der Waals surface area contributed by atoms with E-state index in [4.69, 9.17) is 4.74 Å². The van der Waals surface area contributed by atoms with E-state index in [2.05, 4.69) is 10.4 Å². The molecule has 1 amide bonds. The SMILES string of the molecule is COc1c(CNC(C)=O)c(C)nn1C. The molecule has 0 spiro atoms. The van der Waals surface area contributed by atoms with Crippen molar-refractivity contribution >= 4 is 5.91 Å². The zero-order chi connectivity index (χ0) is 10.7. The molecule has 0 bridgehead atoms. The first-order valence-corrected chi connectivity index (χ1v) is 4.37. The number of carbonyl (C=O) groups is 1. The third-order valence-electron chi connectivity index (χ3n) is 2.00. The van der Waals surface area contributed by atoms with Crippen LogP contribution in [0.5, 0.6) is 5.88 Å². The van der Waals surface area contributed by atoms with E-state index < -0.39 is 0 Å². The first-order valence-electron chi connectivity index (χ1n) is 4.37. The van der Waals surface area contributed by atoms with E-state index in [0.717, 1.165) is 11.3 Å². The molecule has 1 heterocycles. The fourth-order valence-electron chi connectivity index (χ4n) is 1.35. The maximum Gasteiger partial charge on any atom is 0.217 e. The van der Waals surface area contributed by atoms with E-state index in [0.29, 0.717) is 12.4 Å². The summed E-state index contributed by atoms with van der Waals surface area (Å²) in [5.74, 6) is 0.631. The van der Waals surface area contributed by atoms with E-state index in [1.807, 2.05) is 14.0 Å². The van der Waals surface area contributed by atoms with Gasteiger partial charge < -0.3 is 10.1 Å². The Morgan fingerprint density at radius 2 is 2.29 bits per heavy atom. The standard InChI is InChI=1S/C9H15N3O2/c1-6-8(5-10-7(2)13)9(14-4)12(3)11-6/h5H2,1-4H3,(H,10,13). The molecule has 0 unspecified atom stereocenters. The molecule has 0 atom stereocenters. The monoisotopic (exact) mass is 197 g/mol. The molecule has 1 aromatic rings. The van der Waals surface area contributed by atoms with Crippen molar-refractivity contribution in [3.8, 4) is 5.88 Å². The van der Waals surface area contributed by atoms with Crippen molar-refractivity contribution in [3.63, 3.8) is 0 Å². The first-order chi connectivity index (χ1) is 6.56. The Morgan fingerprint density at radius 1 is 1.64 bits per heavy atom. The van der Waals surface area contributed by atoms with Gasteiger partial charge in [-0.3, -0.25) is 4.79 Å². The Morgan fingerprint density at radius 3 is 2.79 bits per heavy atom. The quantitative estimate of drug-likeness (QED) is 0.761. The van der Waals surface area contributed by atoms with Crippen LogP contribution in [0.25, 0.3) is 0 Å². The molecule has 5 nitrogen and oxygen atoms in total. The van der Waals surface area contributed by atoms with Gasteiger partial charge in [0.25, 0.3) is 0 Å². The summed E-state index contributed by atoms with van der Waals surface area (Å²) < 4.78 is 6.84. The summed E-state index contributed by atoms with van der Waals surface area (Å²) in [4.78, 5) is 10.8. The van der Waals surface area contributed by atoms with Crippen molar-refractivity contribution in [1.82, 2.24) is 15.1 Å². The lowest BCUT2D eigenvalue weighted by Crippen LogP contribution is -2.19. The van der Waals surface area contributed by atoms with Crippen LogP contribution in [0, 0.1) is 6.92 Å². The molecule has 0 saturated carbocycles. The molecule has 0 radical (unpaired) electrons. The molecule has 0 aliphatic rings. The summed E-state index contributed by atoms with van der Waals surface area (Å²) in [6, 6.07) is 0. The first kappa shape index (κ1) is 10.6. The van der Waals surface area contributed by atoms with Crippen LogP contribution in [-0.2, 0) is 18.4 Å². The van der Waals surface area contributed by atoms with Gasteiger partial charge in [-0.15, -0.1) is 0 Å². The zero-order valence-electron chi connectivity index (χ0n) is 8.92. The fourth-order valence-corrected chi connectivity index (χ4v) is 1.35. The molecule has 5 heteroatoms. The fraction of sp³-hybridized carbons (Fsp3) is 0.556. The summed E-state index contributed by atoms with van der Waals surface area (Å²) in [7, 11) is 3.40. The molecule has 14 heavy (non-hydrogen) atoms. The molecule has 0 aliphatic heterocycles. The second-order valence-corrected chi connectivity index (χ2v) is 3.11. The maximum atomic E-state index is 10.8. The van der Waals surface area contributed by atoms with E-state index in [-0.39, 0.29) is 5.91 Å². The van der Waals surface area contributed by atoms with Gasteiger partial charge in [-0.05, 0) is 6.92 Å². The van der Waals surface area contributed by atoms with Gasteiger partial charge in [-0.25, -0.2) is 4.68 Å². The Labute approximate surface area is 83.1 Å². The molecule has 1 N–H and O–H groups in total. The van der Waals surface area contributed by atoms with Crippen LogP contribution in [0.3, 0.4) is 0 Å². The number of hydrogen-bond acceptors (Lipinski definition) is 3. The summed E-state index contributed by atoms with van der Waals surface area (Å²) >= 11 is 0. The second-order valence-electron chi connectivity index (χ2n) is 3.11. The predicted octanol–water partition coefficient (Wildman–Crippen LogP) is 0.373. The number of rotatable bonds is 3. The van der Waals surface area contributed by atoms with Gasteiger partial charge in [-0.2, -0.15) is 5.10 Å². The number of nitrogens with zero attached hydrogens (tertiary/aromatic N) is 2. The van der Waals surface area contributed by atoms with Gasteiger partial charge in [0.1, 0.15) is 0 Å². The minimum atomic E-state index is -0.0599. The minimum absolute atomic E-state index is 0.0599. The summed E-state index contributed by atoms with van der Waals surface area (Å²) in [6.45, 7) is 3.83. The maximum absolute atomic E-state index is 10.8. The lowest BCUT2D eigenvalue weighted by atomic mass is 10.2. The minimum Gasteiger partial charge on any atom is -0.481 e. The number of ether oxygens (including phenoxy) is 1. The van der Waals surface area contributed by atoms with Crippen LogP contribution in [-0.4, -0.2) is 22.8 Å². The Hall–Kier alpha value is -1.52. The van der Waals surface area contributed by atoms with Crippen LogP contribution in [0.2, 0.25) is 0 Å². The number of nitrogens with one attached hydrogen (secondary N) is 1. The lowest BCUT2D eigenvalue weighted by Gasteiger charge is -2.04. The molecule has 0 saturated heterocycles. The van der Waals surface area contributed by atoms with E-state index in [1.165, 1.54) is 6.92 Å². The third-order valence-corrected chi connectivity index (χ3v) is 2.00. The largest absolute Gasteiger partial charge is 0.481 e. The highest BCUT2D eigenvalue weighted by molar-refractivity contribution is 5.72. The normalized spacial score (nSPS) is 10.0. The molecular formula is C9H15N3O2. The van der Waals surface area contributed by atoms with Crippen LogP contribution in [0.4, 0.5) is 0 Å². The molecule has 0 fully saturated rings. The average Bonchev–Trinajstić information content (AvgIpc) is 2.36. The molecule has 1 aromatic heterocycles. The van der Waals surface area contributed by atoms with Crippen LogP contribution in [0.15, 0.2) is 0 Å². The highest BCUT2D eigenvalue weighted by Gasteiger charge is 2.13. The molecule has 78 valence electrons. The van der Waals surface area contributed by atoms with Gasteiger partial charge in [-0.1, -0.05) is 0 Å². The topological polar surface area (TPSA) is 56.1 Å². The number of aryl methyl sites for hydroxylation is 2. The number of aromatic nitrogens is 2. The van der Waals surface area contributed by atoms with Crippen LogP contribution < -0.4 is 10.1 Å². The van der Waals surface area contributed by atoms with Gasteiger partial charge in [0.05, 0.1) is 18.4 Å². The van der Waals surface area contributed by atoms with E-state index in [1.54, 1.807) is 11.8 Å². The summed E-state index contributed by atoms with van der Waals surface area (Å²) in [6.07, 6.45) is 0. The van der Waals surface area contributed by atoms with Gasteiger partial charge in [0.15, 0.2) is 0 Å². The second kappa shape index (κ2) is 4.13.